The van der Waals surface area contributed by atoms with Crippen LogP contribution in [0, 0.1) is 0 Å². The van der Waals surface area contributed by atoms with Gasteiger partial charge < -0.3 is 10.1 Å². The van der Waals surface area contributed by atoms with E-state index in [4.69, 9.17) is 4.74 Å². The van der Waals surface area contributed by atoms with Crippen LogP contribution in [-0.2, 0) is 11.8 Å². The number of H-pyrrole nitrogens is 1. The molecule has 0 spiro atoms. The predicted octanol–water partition coefficient (Wildman–Crippen LogP) is 1.65. The lowest BCUT2D eigenvalue weighted by molar-refractivity contribution is -0.116. The first-order chi connectivity index (χ1) is 12.5. The molecule has 1 atom stereocenters. The van der Waals surface area contributed by atoms with Gasteiger partial charge in [0.2, 0.25) is 0 Å². The zero-order valence-electron chi connectivity index (χ0n) is 14.6. The highest BCUT2D eigenvalue weighted by atomic mass is 16.5. The van der Waals surface area contributed by atoms with Crippen LogP contribution in [0.25, 0.3) is 0 Å². The van der Waals surface area contributed by atoms with Crippen LogP contribution in [0.2, 0.25) is 0 Å². The molecule has 0 saturated carbocycles. The standard InChI is InChI=1S/C19H19N3O4/c1-22-17-16(18(24)21-19(22)25)14(10-6-3-4-9-13(10)26-2)15-11(20-17)7-5-8-12(15)23/h3-4,6,9,14,20H,5,7-8H2,1-2H3,(H,21,24,25)/t14-/m0/s1. The SMILES string of the molecule is COc1ccccc1[C@H]1C2=C(CCCC2=O)Nc2c1c(=O)[nH]c(=O)n2C. The van der Waals surface area contributed by atoms with Crippen LogP contribution in [0.1, 0.15) is 36.3 Å². The topological polar surface area (TPSA) is 93.2 Å². The number of ether oxygens (including phenoxy) is 1. The molecule has 2 aliphatic rings. The quantitative estimate of drug-likeness (QED) is 0.856. The summed E-state index contributed by atoms with van der Waals surface area (Å²) >= 11 is 0. The van der Waals surface area contributed by atoms with Crippen molar-refractivity contribution >= 4 is 11.6 Å². The zero-order chi connectivity index (χ0) is 18.4. The van der Waals surface area contributed by atoms with Crippen LogP contribution < -0.4 is 21.3 Å². The Kier molecular flexibility index (Phi) is 3.79. The fourth-order valence-corrected chi connectivity index (χ4v) is 3.89. The van der Waals surface area contributed by atoms with Crippen molar-refractivity contribution < 1.29 is 9.53 Å². The van der Waals surface area contributed by atoms with Crippen molar-refractivity contribution in [2.45, 2.75) is 25.2 Å². The monoisotopic (exact) mass is 353 g/mol. The van der Waals surface area contributed by atoms with E-state index in [0.29, 0.717) is 35.5 Å². The summed E-state index contributed by atoms with van der Waals surface area (Å²) in [6.07, 6.45) is 1.90. The summed E-state index contributed by atoms with van der Waals surface area (Å²) in [5, 5.41) is 3.18. The smallest absolute Gasteiger partial charge is 0.329 e. The highest BCUT2D eigenvalue weighted by Crippen LogP contribution is 2.45. The number of fused-ring (bicyclic) bond motifs is 1. The number of carbonyl (C=O) groups excluding carboxylic acids is 1. The Morgan fingerprint density at radius 1 is 1.15 bits per heavy atom. The summed E-state index contributed by atoms with van der Waals surface area (Å²) in [6.45, 7) is 0. The lowest BCUT2D eigenvalue weighted by atomic mass is 9.76. The van der Waals surface area contributed by atoms with Gasteiger partial charge in [-0.2, -0.15) is 0 Å². The van der Waals surface area contributed by atoms with Gasteiger partial charge in [0.25, 0.3) is 5.56 Å². The third-order valence-electron chi connectivity index (χ3n) is 5.11. The number of para-hydroxylation sites is 1. The van der Waals surface area contributed by atoms with Crippen molar-refractivity contribution in [3.05, 3.63) is 67.5 Å². The maximum Gasteiger partial charge on any atom is 0.329 e. The van der Waals surface area contributed by atoms with E-state index in [1.165, 1.54) is 4.57 Å². The maximum atomic E-state index is 12.8. The summed E-state index contributed by atoms with van der Waals surface area (Å²) < 4.78 is 6.86. The van der Waals surface area contributed by atoms with Gasteiger partial charge in [0.05, 0.1) is 18.6 Å². The zero-order valence-corrected chi connectivity index (χ0v) is 14.6. The Hall–Kier alpha value is -3.09. The number of aromatic amines is 1. The van der Waals surface area contributed by atoms with Crippen molar-refractivity contribution in [2.24, 2.45) is 7.05 Å². The first kappa shape index (κ1) is 16.4. The van der Waals surface area contributed by atoms with Crippen molar-refractivity contribution in [1.29, 1.82) is 0 Å². The maximum absolute atomic E-state index is 12.8. The van der Waals surface area contributed by atoms with Gasteiger partial charge in [0.15, 0.2) is 5.78 Å². The molecule has 2 N–H and O–H groups in total. The van der Waals surface area contributed by atoms with E-state index in [2.05, 4.69) is 10.3 Å². The summed E-state index contributed by atoms with van der Waals surface area (Å²) in [5.41, 5.74) is 1.50. The van der Waals surface area contributed by atoms with Crippen LogP contribution in [0.3, 0.4) is 0 Å². The molecule has 1 aliphatic heterocycles. The minimum atomic E-state index is -0.569. The van der Waals surface area contributed by atoms with Crippen LogP contribution >= 0.6 is 0 Å². The molecular formula is C19H19N3O4. The Morgan fingerprint density at radius 3 is 2.69 bits per heavy atom. The highest BCUT2D eigenvalue weighted by Gasteiger charge is 2.39. The summed E-state index contributed by atoms with van der Waals surface area (Å²) in [4.78, 5) is 39.9. The Balaban J connectivity index is 2.09. The van der Waals surface area contributed by atoms with Gasteiger partial charge in [-0.15, -0.1) is 0 Å². The number of aromatic nitrogens is 2. The second-order valence-electron chi connectivity index (χ2n) is 6.55. The first-order valence-electron chi connectivity index (χ1n) is 8.52. The van der Waals surface area contributed by atoms with Gasteiger partial charge in [-0.05, 0) is 18.9 Å². The minimum Gasteiger partial charge on any atom is -0.496 e. The van der Waals surface area contributed by atoms with Crippen LogP contribution in [0.5, 0.6) is 5.75 Å². The Labute approximate surface area is 149 Å². The van der Waals surface area contributed by atoms with Crippen LogP contribution in [0.15, 0.2) is 45.1 Å². The predicted molar refractivity (Wildman–Crippen MR) is 96.6 cm³/mol. The van der Waals surface area contributed by atoms with Gasteiger partial charge in [0, 0.05) is 30.3 Å². The molecule has 2 heterocycles. The van der Waals surface area contributed by atoms with Crippen molar-refractivity contribution in [3.63, 3.8) is 0 Å². The summed E-state index contributed by atoms with van der Waals surface area (Å²) in [6, 6.07) is 7.35. The lowest BCUT2D eigenvalue weighted by Gasteiger charge is -2.34. The molecule has 7 nitrogen and oxygen atoms in total. The van der Waals surface area contributed by atoms with E-state index in [1.54, 1.807) is 20.2 Å². The molecule has 134 valence electrons. The fourth-order valence-electron chi connectivity index (χ4n) is 3.89. The Bertz CT molecular complexity index is 1060. The third kappa shape index (κ3) is 2.31. The van der Waals surface area contributed by atoms with Gasteiger partial charge in [-0.1, -0.05) is 18.2 Å². The Morgan fingerprint density at radius 2 is 1.92 bits per heavy atom. The number of hydrogen-bond acceptors (Lipinski definition) is 5. The largest absolute Gasteiger partial charge is 0.496 e. The lowest BCUT2D eigenvalue weighted by Crippen LogP contribution is -2.39. The number of anilines is 1. The minimum absolute atomic E-state index is 0.0218. The molecule has 4 rings (SSSR count). The normalized spacial score (nSPS) is 18.8. The number of nitrogens with zero attached hydrogens (tertiary/aromatic N) is 1. The number of nitrogens with one attached hydrogen (secondary N) is 2. The summed E-state index contributed by atoms with van der Waals surface area (Å²) in [7, 11) is 3.16. The van der Waals surface area contributed by atoms with E-state index in [-0.39, 0.29) is 5.78 Å². The molecule has 26 heavy (non-hydrogen) atoms. The van der Waals surface area contributed by atoms with E-state index in [1.807, 2.05) is 18.2 Å². The van der Waals surface area contributed by atoms with Crippen LogP contribution in [-0.4, -0.2) is 22.4 Å². The number of methoxy groups -OCH3 is 1. The molecule has 1 aromatic carbocycles. The second-order valence-corrected chi connectivity index (χ2v) is 6.55. The average Bonchev–Trinajstić information content (AvgIpc) is 2.65. The molecule has 1 aliphatic carbocycles. The van der Waals surface area contributed by atoms with E-state index >= 15 is 0 Å². The number of Topliss-reactive ketones (excluding diaryl/α,β-unsaturated/α-hetero) is 1. The number of hydrogen-bond donors (Lipinski definition) is 2. The molecule has 0 fully saturated rings. The molecule has 0 unspecified atom stereocenters. The van der Waals surface area contributed by atoms with Crippen LogP contribution in [0.4, 0.5) is 5.82 Å². The van der Waals surface area contributed by atoms with Gasteiger partial charge in [-0.25, -0.2) is 4.79 Å². The molecule has 1 aromatic heterocycles. The molecule has 0 radical (unpaired) electrons. The number of ketones is 1. The molecule has 0 amide bonds. The number of benzene rings is 1. The average molecular weight is 353 g/mol. The molecule has 2 aromatic rings. The van der Waals surface area contributed by atoms with Gasteiger partial charge >= 0.3 is 5.69 Å². The molecule has 7 heteroatoms. The third-order valence-corrected chi connectivity index (χ3v) is 5.11. The second kappa shape index (κ2) is 6.01. The van der Waals surface area contributed by atoms with Crippen molar-refractivity contribution in [3.8, 4) is 5.75 Å². The van der Waals surface area contributed by atoms with E-state index in [0.717, 1.165) is 17.7 Å². The van der Waals surface area contributed by atoms with Crippen molar-refractivity contribution in [1.82, 2.24) is 9.55 Å². The molecule has 0 saturated heterocycles. The molecular weight excluding hydrogens is 334 g/mol. The van der Waals surface area contributed by atoms with Gasteiger partial charge in [-0.3, -0.25) is 19.1 Å². The van der Waals surface area contributed by atoms with Crippen molar-refractivity contribution in [2.75, 3.05) is 12.4 Å². The number of carbonyl (C=O) groups is 1. The highest BCUT2D eigenvalue weighted by molar-refractivity contribution is 6.01. The van der Waals surface area contributed by atoms with E-state index in [9.17, 15) is 14.4 Å². The number of allylic oxidation sites excluding steroid dienone is 2. The van der Waals surface area contributed by atoms with Gasteiger partial charge in [0.1, 0.15) is 11.6 Å². The summed E-state index contributed by atoms with van der Waals surface area (Å²) in [5.74, 6) is 0.487. The fraction of sp³-hybridized carbons (Fsp3) is 0.316. The number of rotatable bonds is 2. The first-order valence-corrected chi connectivity index (χ1v) is 8.52. The van der Waals surface area contributed by atoms with E-state index < -0.39 is 17.2 Å². The molecule has 0 bridgehead atoms.